The van der Waals surface area contributed by atoms with Crippen LogP contribution in [-0.2, 0) is 5.41 Å². The summed E-state index contributed by atoms with van der Waals surface area (Å²) in [5.74, 6) is 0.356. The molecular formula is C29H28N6O2. The van der Waals surface area contributed by atoms with Crippen molar-refractivity contribution >= 4 is 22.1 Å². The Morgan fingerprint density at radius 2 is 0.973 bits per heavy atom. The fourth-order valence-electron chi connectivity index (χ4n) is 3.88. The highest BCUT2D eigenvalue weighted by Crippen LogP contribution is 2.29. The van der Waals surface area contributed by atoms with Crippen molar-refractivity contribution in [3.63, 3.8) is 0 Å². The molecule has 6 aromatic rings. The van der Waals surface area contributed by atoms with Gasteiger partial charge in [0.25, 0.3) is 0 Å². The van der Waals surface area contributed by atoms with Gasteiger partial charge in [-0.1, -0.05) is 57.2 Å². The zero-order valence-corrected chi connectivity index (χ0v) is 21.2. The van der Waals surface area contributed by atoms with Gasteiger partial charge in [0.2, 0.25) is 0 Å². The number of nitrogens with zero attached hydrogens (tertiary/aromatic N) is 6. The highest BCUT2D eigenvalue weighted by Gasteiger charge is 2.17. The highest BCUT2D eigenvalue weighted by atomic mass is 16.3. The number of hydrogen-bond acceptors (Lipinski definition) is 6. The molecule has 0 fully saturated rings. The second-order valence-corrected chi connectivity index (χ2v) is 9.90. The molecule has 0 unspecified atom stereocenters. The summed E-state index contributed by atoms with van der Waals surface area (Å²) in [7, 11) is 0. The largest absolute Gasteiger partial charge is 0.506 e. The van der Waals surface area contributed by atoms with E-state index in [1.165, 1.54) is 9.59 Å². The summed E-state index contributed by atoms with van der Waals surface area (Å²) in [4.78, 5) is 2.96. The zero-order chi connectivity index (χ0) is 26.2. The van der Waals surface area contributed by atoms with Gasteiger partial charge in [-0.15, -0.1) is 30.0 Å². The van der Waals surface area contributed by atoms with Crippen molar-refractivity contribution in [3.05, 3.63) is 96.1 Å². The molecule has 0 aliphatic carbocycles. The van der Waals surface area contributed by atoms with E-state index in [0.29, 0.717) is 11.4 Å². The average Bonchev–Trinajstić information content (AvgIpc) is 3.49. The molecule has 2 aromatic heterocycles. The molecule has 8 heteroatoms. The average molecular weight is 493 g/mol. The third-order valence-electron chi connectivity index (χ3n) is 5.98. The molecule has 0 spiro atoms. The third-order valence-corrected chi connectivity index (χ3v) is 5.98. The van der Waals surface area contributed by atoms with Gasteiger partial charge >= 0.3 is 0 Å². The Kier molecular flexibility index (Phi) is 6.09. The molecular weight excluding hydrogens is 464 g/mol. The molecule has 0 amide bonds. The Bertz CT molecular complexity index is 1650. The van der Waals surface area contributed by atoms with E-state index in [1.54, 1.807) is 12.1 Å². The Morgan fingerprint density at radius 3 is 1.41 bits per heavy atom. The van der Waals surface area contributed by atoms with Gasteiger partial charge in [0.05, 0.1) is 0 Å². The molecule has 0 bridgehead atoms. The van der Waals surface area contributed by atoms with Crippen LogP contribution < -0.4 is 0 Å². The number of fused-ring (bicyclic) bond motifs is 2. The summed E-state index contributed by atoms with van der Waals surface area (Å²) in [6.45, 7) is 8.37. The minimum Gasteiger partial charge on any atom is -0.506 e. The molecule has 0 saturated heterocycles. The summed E-state index contributed by atoms with van der Waals surface area (Å²) >= 11 is 0. The first-order valence-corrected chi connectivity index (χ1v) is 12.0. The van der Waals surface area contributed by atoms with Crippen LogP contribution >= 0.6 is 0 Å². The molecule has 0 radical (unpaired) electrons. The lowest BCUT2D eigenvalue weighted by molar-refractivity contribution is 0.466. The molecule has 0 saturated carbocycles. The number of phenolic OH excluding ortho intramolecular Hbond substituents is 2. The monoisotopic (exact) mass is 492 g/mol. The second-order valence-electron chi connectivity index (χ2n) is 9.90. The molecule has 37 heavy (non-hydrogen) atoms. The van der Waals surface area contributed by atoms with E-state index in [0.717, 1.165) is 33.2 Å². The smallest absolute Gasteiger partial charge is 0.143 e. The summed E-state index contributed by atoms with van der Waals surface area (Å²) in [6.07, 6.45) is 0. The lowest BCUT2D eigenvalue weighted by Gasteiger charge is -2.19. The van der Waals surface area contributed by atoms with E-state index >= 15 is 0 Å². The molecule has 2 heterocycles. The molecule has 4 aromatic carbocycles. The van der Waals surface area contributed by atoms with Crippen LogP contribution in [0.1, 0.15) is 31.9 Å². The SMILES string of the molecule is CC(C)(C)c1ccc(O)c(-n2nc3ccccc3n2)c1.Cc1ccc(O)c(-n2nc3ccccc3n2)c1. The molecule has 8 nitrogen and oxygen atoms in total. The number of phenols is 2. The number of aromatic hydroxyl groups is 2. The predicted octanol–water partition coefficient (Wildman–Crippen LogP) is 5.86. The number of aromatic nitrogens is 6. The van der Waals surface area contributed by atoms with Crippen LogP contribution in [0.5, 0.6) is 11.5 Å². The summed E-state index contributed by atoms with van der Waals surface area (Å²) in [5.41, 5.74) is 6.65. The van der Waals surface area contributed by atoms with E-state index in [2.05, 4.69) is 41.2 Å². The minimum absolute atomic E-state index is 0.00895. The third kappa shape index (κ3) is 4.99. The Hall–Kier alpha value is -4.72. The van der Waals surface area contributed by atoms with Crippen molar-refractivity contribution in [2.75, 3.05) is 0 Å². The normalized spacial score (nSPS) is 11.5. The molecule has 0 aliphatic rings. The molecule has 186 valence electrons. The van der Waals surface area contributed by atoms with Gasteiger partial charge in [-0.2, -0.15) is 0 Å². The van der Waals surface area contributed by atoms with E-state index < -0.39 is 0 Å². The first kappa shape index (κ1) is 24.0. The number of aryl methyl sites for hydroxylation is 1. The summed E-state index contributed by atoms with van der Waals surface area (Å²) < 4.78 is 0. The van der Waals surface area contributed by atoms with Gasteiger partial charge in [0.15, 0.2) is 0 Å². The van der Waals surface area contributed by atoms with E-state index in [9.17, 15) is 10.2 Å². The van der Waals surface area contributed by atoms with E-state index in [-0.39, 0.29) is 16.9 Å². The van der Waals surface area contributed by atoms with Crippen molar-refractivity contribution in [1.82, 2.24) is 30.0 Å². The van der Waals surface area contributed by atoms with Crippen LogP contribution in [0.4, 0.5) is 0 Å². The molecule has 2 N–H and O–H groups in total. The topological polar surface area (TPSA) is 102 Å². The van der Waals surface area contributed by atoms with Gasteiger partial charge in [-0.05, 0) is 72.0 Å². The Balaban J connectivity index is 0.000000153. The minimum atomic E-state index is 0.00895. The van der Waals surface area contributed by atoms with Crippen LogP contribution in [0, 0.1) is 6.92 Å². The molecule has 6 rings (SSSR count). The Morgan fingerprint density at radius 1 is 0.568 bits per heavy atom. The van der Waals surface area contributed by atoms with Crippen LogP contribution in [0.25, 0.3) is 33.4 Å². The first-order valence-electron chi connectivity index (χ1n) is 12.0. The highest BCUT2D eigenvalue weighted by molar-refractivity contribution is 5.74. The van der Waals surface area contributed by atoms with Crippen LogP contribution in [0.3, 0.4) is 0 Å². The summed E-state index contributed by atoms with van der Waals surface area (Å²) in [5, 5.41) is 37.4. The maximum Gasteiger partial charge on any atom is 0.143 e. The first-order chi connectivity index (χ1) is 17.7. The fraction of sp³-hybridized carbons (Fsp3) is 0.172. The molecule has 0 atom stereocenters. The van der Waals surface area contributed by atoms with Crippen molar-refractivity contribution < 1.29 is 10.2 Å². The second kappa shape index (κ2) is 9.39. The number of hydrogen-bond donors (Lipinski definition) is 2. The number of benzene rings is 4. The van der Waals surface area contributed by atoms with Gasteiger partial charge in [0, 0.05) is 0 Å². The quantitative estimate of drug-likeness (QED) is 0.314. The maximum atomic E-state index is 10.1. The van der Waals surface area contributed by atoms with Crippen LogP contribution in [0.15, 0.2) is 84.9 Å². The van der Waals surface area contributed by atoms with Gasteiger partial charge in [-0.25, -0.2) is 0 Å². The lowest BCUT2D eigenvalue weighted by atomic mass is 9.87. The van der Waals surface area contributed by atoms with Crippen molar-refractivity contribution in [3.8, 4) is 22.9 Å². The summed E-state index contributed by atoms with van der Waals surface area (Å²) in [6, 6.07) is 26.2. The standard InChI is InChI=1S/C16H17N3O.C13H11N3O/c1-16(2,3)11-8-9-15(20)14(10-11)19-17-12-6-4-5-7-13(12)18-19;1-9-6-7-13(17)12(8-9)16-14-10-4-2-3-5-11(10)15-16/h4-10,20H,1-3H3;2-8,17H,1H3. The lowest BCUT2D eigenvalue weighted by Crippen LogP contribution is -2.12. The Labute approximate surface area is 214 Å². The van der Waals surface area contributed by atoms with Crippen LogP contribution in [0.2, 0.25) is 0 Å². The van der Waals surface area contributed by atoms with E-state index in [1.807, 2.05) is 79.7 Å². The van der Waals surface area contributed by atoms with Crippen molar-refractivity contribution in [1.29, 1.82) is 0 Å². The van der Waals surface area contributed by atoms with Gasteiger partial charge in [-0.3, -0.25) is 0 Å². The van der Waals surface area contributed by atoms with Gasteiger partial charge < -0.3 is 10.2 Å². The van der Waals surface area contributed by atoms with Crippen molar-refractivity contribution in [2.45, 2.75) is 33.1 Å². The van der Waals surface area contributed by atoms with Crippen LogP contribution in [-0.4, -0.2) is 40.2 Å². The van der Waals surface area contributed by atoms with Gasteiger partial charge in [0.1, 0.15) is 44.9 Å². The van der Waals surface area contributed by atoms with E-state index in [4.69, 9.17) is 0 Å². The predicted molar refractivity (Wildman–Crippen MR) is 144 cm³/mol. The molecule has 0 aliphatic heterocycles. The van der Waals surface area contributed by atoms with Crippen molar-refractivity contribution in [2.24, 2.45) is 0 Å². The zero-order valence-electron chi connectivity index (χ0n) is 21.2. The number of rotatable bonds is 2. The maximum absolute atomic E-state index is 10.1. The fourth-order valence-corrected chi connectivity index (χ4v) is 3.88.